The van der Waals surface area contributed by atoms with E-state index in [0.29, 0.717) is 11.9 Å². The van der Waals surface area contributed by atoms with Gasteiger partial charge in [-0.15, -0.1) is 23.1 Å². The molecule has 0 aliphatic carbocycles. The summed E-state index contributed by atoms with van der Waals surface area (Å²) in [6, 6.07) is 10.1. The second-order valence-electron chi connectivity index (χ2n) is 4.17. The molecule has 0 spiro atoms. The van der Waals surface area contributed by atoms with Crippen molar-refractivity contribution in [2.75, 3.05) is 6.26 Å². The second kappa shape index (κ2) is 5.19. The van der Waals surface area contributed by atoms with Crippen LogP contribution < -0.4 is 5.56 Å². The first-order valence-electron chi connectivity index (χ1n) is 5.83. The number of aromatic nitrogens is 2. The predicted octanol–water partition coefficient (Wildman–Crippen LogP) is 3.23. The Morgan fingerprint density at radius 1 is 1.26 bits per heavy atom. The van der Waals surface area contributed by atoms with E-state index in [1.165, 1.54) is 16.2 Å². The zero-order valence-corrected chi connectivity index (χ0v) is 12.0. The number of hydrogen-bond acceptors (Lipinski definition) is 4. The zero-order chi connectivity index (χ0) is 13.2. The molecule has 0 saturated carbocycles. The highest BCUT2D eigenvalue weighted by Crippen LogP contribution is 2.16. The third-order valence-corrected chi connectivity index (χ3v) is 4.53. The monoisotopic (exact) mass is 288 g/mol. The Kier molecular flexibility index (Phi) is 3.40. The normalized spacial score (nSPS) is 11.0. The van der Waals surface area contributed by atoms with Crippen LogP contribution in [-0.4, -0.2) is 15.8 Å². The molecular formula is C14H12N2OS2. The summed E-state index contributed by atoms with van der Waals surface area (Å²) < 4.78 is 1.66. The van der Waals surface area contributed by atoms with Crippen LogP contribution in [0, 0.1) is 0 Å². The van der Waals surface area contributed by atoms with E-state index in [-0.39, 0.29) is 5.56 Å². The van der Waals surface area contributed by atoms with Crippen LogP contribution in [0.2, 0.25) is 0 Å². The number of nitrogens with zero attached hydrogens (tertiary/aromatic N) is 2. The summed E-state index contributed by atoms with van der Waals surface area (Å²) >= 11 is 3.20. The van der Waals surface area contributed by atoms with Gasteiger partial charge in [-0.1, -0.05) is 12.1 Å². The van der Waals surface area contributed by atoms with E-state index < -0.39 is 0 Å². The maximum Gasteiger partial charge on any atom is 0.262 e. The average molecular weight is 288 g/mol. The van der Waals surface area contributed by atoms with Gasteiger partial charge in [0.25, 0.3) is 5.56 Å². The van der Waals surface area contributed by atoms with Crippen LogP contribution in [-0.2, 0) is 6.54 Å². The van der Waals surface area contributed by atoms with E-state index in [1.807, 2.05) is 17.7 Å². The fraction of sp³-hybridized carbons (Fsp3) is 0.143. The van der Waals surface area contributed by atoms with E-state index in [1.54, 1.807) is 22.7 Å². The quantitative estimate of drug-likeness (QED) is 0.694. The minimum absolute atomic E-state index is 0.0280. The van der Waals surface area contributed by atoms with Gasteiger partial charge in [0.1, 0.15) is 4.83 Å². The molecule has 0 aliphatic rings. The lowest BCUT2D eigenvalue weighted by Gasteiger charge is -2.06. The molecule has 19 heavy (non-hydrogen) atoms. The third kappa shape index (κ3) is 2.43. The standard InChI is InChI=1S/C14H12N2OS2/c1-18-11-4-2-10(3-5-11)8-16-9-15-13-12(14(16)17)6-7-19-13/h2-7,9H,8H2,1H3. The van der Waals surface area contributed by atoms with Crippen molar-refractivity contribution in [3.8, 4) is 0 Å². The lowest BCUT2D eigenvalue weighted by molar-refractivity contribution is 0.749. The fourth-order valence-electron chi connectivity index (χ4n) is 1.93. The van der Waals surface area contributed by atoms with Gasteiger partial charge in [0, 0.05) is 4.90 Å². The SMILES string of the molecule is CSc1ccc(Cn2cnc3sccc3c2=O)cc1. The van der Waals surface area contributed by atoms with E-state index in [9.17, 15) is 4.79 Å². The van der Waals surface area contributed by atoms with E-state index in [4.69, 9.17) is 0 Å². The van der Waals surface area contributed by atoms with Crippen LogP contribution in [0.4, 0.5) is 0 Å². The lowest BCUT2D eigenvalue weighted by Crippen LogP contribution is -2.20. The molecule has 3 rings (SSSR count). The zero-order valence-electron chi connectivity index (χ0n) is 10.4. The van der Waals surface area contributed by atoms with Crippen LogP contribution in [0.15, 0.2) is 51.7 Å². The molecule has 0 unspecified atom stereocenters. The Hall–Kier alpha value is -1.59. The van der Waals surface area contributed by atoms with Crippen molar-refractivity contribution in [1.82, 2.24) is 9.55 Å². The smallest absolute Gasteiger partial charge is 0.262 e. The topological polar surface area (TPSA) is 34.9 Å². The number of rotatable bonds is 3. The molecule has 2 aromatic heterocycles. The number of thiophene rings is 1. The van der Waals surface area contributed by atoms with Crippen LogP contribution >= 0.6 is 23.1 Å². The van der Waals surface area contributed by atoms with Crippen LogP contribution in [0.1, 0.15) is 5.56 Å². The first kappa shape index (κ1) is 12.4. The lowest BCUT2D eigenvalue weighted by atomic mass is 10.2. The fourth-order valence-corrected chi connectivity index (χ4v) is 3.07. The van der Waals surface area contributed by atoms with Crippen molar-refractivity contribution in [3.63, 3.8) is 0 Å². The van der Waals surface area contributed by atoms with Crippen molar-refractivity contribution in [2.45, 2.75) is 11.4 Å². The van der Waals surface area contributed by atoms with E-state index in [2.05, 4.69) is 29.2 Å². The summed E-state index contributed by atoms with van der Waals surface area (Å²) in [5.41, 5.74) is 1.14. The molecule has 0 saturated heterocycles. The Balaban J connectivity index is 1.95. The molecule has 2 heterocycles. The van der Waals surface area contributed by atoms with Crippen molar-refractivity contribution in [1.29, 1.82) is 0 Å². The molecule has 3 aromatic rings. The van der Waals surface area contributed by atoms with Crippen molar-refractivity contribution in [2.24, 2.45) is 0 Å². The van der Waals surface area contributed by atoms with Crippen molar-refractivity contribution >= 4 is 33.3 Å². The minimum Gasteiger partial charge on any atom is -0.294 e. The predicted molar refractivity (Wildman–Crippen MR) is 81.2 cm³/mol. The van der Waals surface area contributed by atoms with Gasteiger partial charge >= 0.3 is 0 Å². The maximum atomic E-state index is 12.2. The molecule has 1 aromatic carbocycles. The molecule has 0 aliphatic heterocycles. The van der Waals surface area contributed by atoms with Gasteiger partial charge in [0.2, 0.25) is 0 Å². The summed E-state index contributed by atoms with van der Waals surface area (Å²) in [6.07, 6.45) is 3.68. The first-order chi connectivity index (χ1) is 9.28. The summed E-state index contributed by atoms with van der Waals surface area (Å²) in [6.45, 7) is 0.562. The largest absolute Gasteiger partial charge is 0.294 e. The molecule has 0 N–H and O–H groups in total. The minimum atomic E-state index is 0.0280. The molecular weight excluding hydrogens is 276 g/mol. The van der Waals surface area contributed by atoms with Crippen LogP contribution in [0.3, 0.4) is 0 Å². The van der Waals surface area contributed by atoms with E-state index in [0.717, 1.165) is 10.4 Å². The van der Waals surface area contributed by atoms with E-state index >= 15 is 0 Å². The summed E-state index contributed by atoms with van der Waals surface area (Å²) in [4.78, 5) is 18.6. The first-order valence-corrected chi connectivity index (χ1v) is 7.94. The highest BCUT2D eigenvalue weighted by atomic mass is 32.2. The Labute approximate surface area is 118 Å². The average Bonchev–Trinajstić information content (AvgIpc) is 2.92. The van der Waals surface area contributed by atoms with Gasteiger partial charge in [-0.3, -0.25) is 9.36 Å². The molecule has 0 atom stereocenters. The van der Waals surface area contributed by atoms with Crippen LogP contribution in [0.5, 0.6) is 0 Å². The van der Waals surface area contributed by atoms with Crippen molar-refractivity contribution in [3.05, 3.63) is 58.0 Å². The molecule has 3 nitrogen and oxygen atoms in total. The number of thioether (sulfide) groups is 1. The van der Waals surface area contributed by atoms with Crippen molar-refractivity contribution < 1.29 is 0 Å². The van der Waals surface area contributed by atoms with Gasteiger partial charge in [0.15, 0.2) is 0 Å². The molecule has 0 radical (unpaired) electrons. The second-order valence-corrected chi connectivity index (χ2v) is 5.94. The summed E-state index contributed by atoms with van der Waals surface area (Å²) in [5.74, 6) is 0. The maximum absolute atomic E-state index is 12.2. The Bertz CT molecular complexity index is 759. The summed E-state index contributed by atoms with van der Waals surface area (Å²) in [7, 11) is 0. The van der Waals surface area contributed by atoms with Gasteiger partial charge < -0.3 is 0 Å². The molecule has 0 amide bonds. The number of hydrogen-bond donors (Lipinski definition) is 0. The Morgan fingerprint density at radius 3 is 2.79 bits per heavy atom. The molecule has 96 valence electrons. The molecule has 0 bridgehead atoms. The molecule has 0 fully saturated rings. The van der Waals surface area contributed by atoms with Gasteiger partial charge in [0.05, 0.1) is 18.3 Å². The Morgan fingerprint density at radius 2 is 2.05 bits per heavy atom. The number of benzene rings is 1. The third-order valence-electron chi connectivity index (χ3n) is 2.96. The highest BCUT2D eigenvalue weighted by Gasteiger charge is 2.05. The van der Waals surface area contributed by atoms with Crippen LogP contribution in [0.25, 0.3) is 10.2 Å². The molecule has 5 heteroatoms. The van der Waals surface area contributed by atoms with Gasteiger partial charge in [-0.05, 0) is 35.4 Å². The van der Waals surface area contributed by atoms with Gasteiger partial charge in [-0.25, -0.2) is 4.98 Å². The van der Waals surface area contributed by atoms with Gasteiger partial charge in [-0.2, -0.15) is 0 Å². The number of fused-ring (bicyclic) bond motifs is 1. The highest BCUT2D eigenvalue weighted by molar-refractivity contribution is 7.98. The summed E-state index contributed by atoms with van der Waals surface area (Å²) in [5, 5.41) is 2.60.